The molecule has 96 valence electrons. The van der Waals surface area contributed by atoms with E-state index in [1.165, 1.54) is 0 Å². The zero-order valence-corrected chi connectivity index (χ0v) is 11.8. The number of halogens is 1. The standard InChI is InChI=1S/C14H16ClNO2/c1-8(17)7-10-9(2)16(3)14-11(15)5-6-12(18-4)13(10)14/h5-6H,7H2,1-4H3. The number of methoxy groups -OCH3 is 1. The molecule has 0 saturated carbocycles. The van der Waals surface area contributed by atoms with Gasteiger partial charge in [0.05, 0.1) is 17.6 Å². The zero-order chi connectivity index (χ0) is 13.4. The van der Waals surface area contributed by atoms with Gasteiger partial charge in [0.25, 0.3) is 0 Å². The highest BCUT2D eigenvalue weighted by atomic mass is 35.5. The summed E-state index contributed by atoms with van der Waals surface area (Å²) in [5.41, 5.74) is 2.97. The van der Waals surface area contributed by atoms with Crippen LogP contribution in [0.5, 0.6) is 5.75 Å². The SMILES string of the molecule is COc1ccc(Cl)c2c1c(CC(C)=O)c(C)n2C. The molecule has 0 N–H and O–H groups in total. The summed E-state index contributed by atoms with van der Waals surface area (Å²) in [6.07, 6.45) is 0.403. The third kappa shape index (κ3) is 1.89. The van der Waals surface area contributed by atoms with Gasteiger partial charge in [0.1, 0.15) is 11.5 Å². The van der Waals surface area contributed by atoms with Gasteiger partial charge in [0.15, 0.2) is 0 Å². The van der Waals surface area contributed by atoms with Crippen LogP contribution < -0.4 is 4.74 Å². The average Bonchev–Trinajstić information content (AvgIpc) is 2.56. The van der Waals surface area contributed by atoms with Crippen LogP contribution in [0.1, 0.15) is 18.2 Å². The predicted molar refractivity (Wildman–Crippen MR) is 73.6 cm³/mol. The van der Waals surface area contributed by atoms with Crippen molar-refractivity contribution in [1.82, 2.24) is 4.57 Å². The minimum absolute atomic E-state index is 0.132. The number of fused-ring (bicyclic) bond motifs is 1. The van der Waals surface area contributed by atoms with Crippen LogP contribution in [-0.2, 0) is 18.3 Å². The summed E-state index contributed by atoms with van der Waals surface area (Å²) in [5, 5.41) is 1.62. The number of nitrogens with zero attached hydrogens (tertiary/aromatic N) is 1. The van der Waals surface area contributed by atoms with Crippen molar-refractivity contribution in [3.63, 3.8) is 0 Å². The number of rotatable bonds is 3. The van der Waals surface area contributed by atoms with Gasteiger partial charge in [-0.3, -0.25) is 4.79 Å². The topological polar surface area (TPSA) is 31.2 Å². The zero-order valence-electron chi connectivity index (χ0n) is 11.0. The Bertz CT molecular complexity index is 628. The molecule has 0 aliphatic carbocycles. The Hall–Kier alpha value is -1.48. The Kier molecular flexibility index (Phi) is 3.35. The minimum atomic E-state index is 0.132. The summed E-state index contributed by atoms with van der Waals surface area (Å²) < 4.78 is 7.40. The third-order valence-corrected chi connectivity index (χ3v) is 3.62. The van der Waals surface area contributed by atoms with Gasteiger partial charge < -0.3 is 9.30 Å². The predicted octanol–water partition coefficient (Wildman–Crippen LogP) is 3.28. The van der Waals surface area contributed by atoms with Crippen molar-refractivity contribution in [3.05, 3.63) is 28.4 Å². The summed E-state index contributed by atoms with van der Waals surface area (Å²) in [6.45, 7) is 3.59. The fraction of sp³-hybridized carbons (Fsp3) is 0.357. The van der Waals surface area contributed by atoms with Crippen molar-refractivity contribution < 1.29 is 9.53 Å². The van der Waals surface area contributed by atoms with Crippen LogP contribution in [0.15, 0.2) is 12.1 Å². The molecule has 0 bridgehead atoms. The average molecular weight is 266 g/mol. The number of Topliss-reactive ketones (excluding diaryl/α,β-unsaturated/α-hetero) is 1. The molecule has 0 saturated heterocycles. The van der Waals surface area contributed by atoms with Crippen LogP contribution in [0.3, 0.4) is 0 Å². The fourth-order valence-corrected chi connectivity index (χ4v) is 2.64. The number of aromatic nitrogens is 1. The van der Waals surface area contributed by atoms with Crippen molar-refractivity contribution in [1.29, 1.82) is 0 Å². The maximum absolute atomic E-state index is 11.4. The second-order valence-corrected chi connectivity index (χ2v) is 4.88. The summed E-state index contributed by atoms with van der Waals surface area (Å²) in [4.78, 5) is 11.4. The number of ketones is 1. The lowest BCUT2D eigenvalue weighted by atomic mass is 10.0. The van der Waals surface area contributed by atoms with Crippen LogP contribution in [-0.4, -0.2) is 17.5 Å². The summed E-state index contributed by atoms with van der Waals surface area (Å²) >= 11 is 6.25. The van der Waals surface area contributed by atoms with Crippen LogP contribution in [0.25, 0.3) is 10.9 Å². The van der Waals surface area contributed by atoms with E-state index >= 15 is 0 Å². The normalized spacial score (nSPS) is 10.9. The van der Waals surface area contributed by atoms with E-state index in [1.54, 1.807) is 14.0 Å². The third-order valence-electron chi connectivity index (χ3n) is 3.31. The summed E-state index contributed by atoms with van der Waals surface area (Å²) in [5.74, 6) is 0.891. The van der Waals surface area contributed by atoms with Crippen LogP contribution in [0.4, 0.5) is 0 Å². The maximum atomic E-state index is 11.4. The van der Waals surface area contributed by atoms with E-state index in [1.807, 2.05) is 30.7 Å². The van der Waals surface area contributed by atoms with Crippen molar-refractivity contribution in [2.45, 2.75) is 20.3 Å². The summed E-state index contributed by atoms with van der Waals surface area (Å²) in [7, 11) is 3.58. The molecule has 0 fully saturated rings. The van der Waals surface area contributed by atoms with E-state index in [0.29, 0.717) is 11.4 Å². The van der Waals surface area contributed by atoms with Crippen molar-refractivity contribution in [3.8, 4) is 5.75 Å². The highest BCUT2D eigenvalue weighted by Crippen LogP contribution is 2.37. The molecule has 0 spiro atoms. The van der Waals surface area contributed by atoms with Gasteiger partial charge in [0.2, 0.25) is 0 Å². The first-order valence-corrected chi connectivity index (χ1v) is 6.15. The van der Waals surface area contributed by atoms with Crippen molar-refractivity contribution in [2.75, 3.05) is 7.11 Å². The van der Waals surface area contributed by atoms with Crippen LogP contribution in [0, 0.1) is 6.92 Å². The molecular weight excluding hydrogens is 250 g/mol. The number of aryl methyl sites for hydroxylation is 1. The van der Waals surface area contributed by atoms with Gasteiger partial charge in [-0.25, -0.2) is 0 Å². The monoisotopic (exact) mass is 265 g/mol. The molecule has 0 unspecified atom stereocenters. The first kappa shape index (κ1) is 13.0. The van der Waals surface area contributed by atoms with Crippen LogP contribution >= 0.6 is 11.6 Å². The highest BCUT2D eigenvalue weighted by Gasteiger charge is 2.19. The largest absolute Gasteiger partial charge is 0.496 e. The fourth-order valence-electron chi connectivity index (χ4n) is 2.35. The van der Waals surface area contributed by atoms with Gasteiger partial charge in [-0.2, -0.15) is 0 Å². The van der Waals surface area contributed by atoms with Gasteiger partial charge in [-0.15, -0.1) is 0 Å². The Morgan fingerprint density at radius 3 is 2.67 bits per heavy atom. The Morgan fingerprint density at radius 2 is 2.11 bits per heavy atom. The molecule has 0 radical (unpaired) electrons. The molecule has 1 aromatic carbocycles. The lowest BCUT2D eigenvalue weighted by molar-refractivity contribution is -0.116. The molecule has 0 aliphatic rings. The van der Waals surface area contributed by atoms with Gasteiger partial charge in [-0.1, -0.05) is 11.6 Å². The molecule has 2 aromatic rings. The maximum Gasteiger partial charge on any atom is 0.134 e. The second kappa shape index (κ2) is 4.65. The first-order chi connectivity index (χ1) is 8.47. The molecular formula is C14H16ClNO2. The Labute approximate surface area is 111 Å². The van der Waals surface area contributed by atoms with E-state index in [-0.39, 0.29) is 5.78 Å². The molecule has 0 atom stereocenters. The van der Waals surface area contributed by atoms with E-state index in [9.17, 15) is 4.79 Å². The number of carbonyl (C=O) groups is 1. The molecule has 1 heterocycles. The molecule has 1 aromatic heterocycles. The van der Waals surface area contributed by atoms with E-state index in [0.717, 1.165) is 27.9 Å². The van der Waals surface area contributed by atoms with E-state index in [4.69, 9.17) is 16.3 Å². The Balaban J connectivity index is 2.88. The lowest BCUT2D eigenvalue weighted by Gasteiger charge is -2.05. The quantitative estimate of drug-likeness (QED) is 0.853. The number of carbonyl (C=O) groups excluding carboxylic acids is 1. The molecule has 0 aliphatic heterocycles. The first-order valence-electron chi connectivity index (χ1n) is 5.77. The number of hydrogen-bond donors (Lipinski definition) is 0. The number of benzene rings is 1. The van der Waals surface area contributed by atoms with Gasteiger partial charge in [0, 0.05) is 24.5 Å². The van der Waals surface area contributed by atoms with Gasteiger partial charge in [-0.05, 0) is 31.5 Å². The van der Waals surface area contributed by atoms with E-state index < -0.39 is 0 Å². The molecule has 0 amide bonds. The highest BCUT2D eigenvalue weighted by molar-refractivity contribution is 6.35. The number of hydrogen-bond acceptors (Lipinski definition) is 2. The Morgan fingerprint density at radius 1 is 1.44 bits per heavy atom. The summed E-state index contributed by atoms with van der Waals surface area (Å²) in [6, 6.07) is 3.66. The molecule has 2 rings (SSSR count). The minimum Gasteiger partial charge on any atom is -0.496 e. The molecule has 3 nitrogen and oxygen atoms in total. The van der Waals surface area contributed by atoms with E-state index in [2.05, 4.69) is 0 Å². The molecule has 18 heavy (non-hydrogen) atoms. The van der Waals surface area contributed by atoms with Crippen molar-refractivity contribution >= 4 is 28.3 Å². The number of ether oxygens (including phenoxy) is 1. The van der Waals surface area contributed by atoms with Crippen molar-refractivity contribution in [2.24, 2.45) is 7.05 Å². The lowest BCUT2D eigenvalue weighted by Crippen LogP contribution is -1.99. The molecule has 4 heteroatoms. The second-order valence-electron chi connectivity index (χ2n) is 4.48. The smallest absolute Gasteiger partial charge is 0.134 e. The van der Waals surface area contributed by atoms with Gasteiger partial charge >= 0.3 is 0 Å². The van der Waals surface area contributed by atoms with Crippen LogP contribution in [0.2, 0.25) is 5.02 Å².